The van der Waals surface area contributed by atoms with Gasteiger partial charge in [0.25, 0.3) is 0 Å². The quantitative estimate of drug-likeness (QED) is 0.506. The smallest absolute Gasteiger partial charge is 0.243 e. The van der Waals surface area contributed by atoms with E-state index in [9.17, 15) is 14.4 Å². The first-order chi connectivity index (χ1) is 14.5. The largest absolute Gasteiger partial charge is 0.336 e. The minimum absolute atomic E-state index is 0.163. The highest BCUT2D eigenvalue weighted by atomic mass is 32.1. The third kappa shape index (κ3) is 4.38. The Bertz CT molecular complexity index is 940. The molecular formula is C24H26N2O3S. The van der Waals surface area contributed by atoms with Crippen molar-refractivity contribution in [2.75, 3.05) is 13.1 Å². The van der Waals surface area contributed by atoms with Gasteiger partial charge in [-0.05, 0) is 43.9 Å². The Kier molecular flexibility index (Phi) is 6.13. The summed E-state index contributed by atoms with van der Waals surface area (Å²) >= 11 is 1.67. The summed E-state index contributed by atoms with van der Waals surface area (Å²) in [5.74, 6) is -1.17. The molecule has 0 bridgehead atoms. The average Bonchev–Trinajstić information content (AvgIpc) is 3.28. The van der Waals surface area contributed by atoms with Crippen molar-refractivity contribution in [2.24, 2.45) is 11.8 Å². The molecule has 1 aromatic heterocycles. The lowest BCUT2D eigenvalue weighted by Gasteiger charge is -2.25. The van der Waals surface area contributed by atoms with Crippen LogP contribution < -0.4 is 0 Å². The van der Waals surface area contributed by atoms with Crippen LogP contribution in [0.25, 0.3) is 0 Å². The topological polar surface area (TPSA) is 57.7 Å². The van der Waals surface area contributed by atoms with E-state index in [1.165, 1.54) is 9.78 Å². The lowest BCUT2D eigenvalue weighted by Crippen LogP contribution is -2.43. The van der Waals surface area contributed by atoms with Gasteiger partial charge in [-0.2, -0.15) is 0 Å². The first kappa shape index (κ1) is 20.5. The van der Waals surface area contributed by atoms with Crippen molar-refractivity contribution in [1.29, 1.82) is 0 Å². The second kappa shape index (κ2) is 8.96. The van der Waals surface area contributed by atoms with Crippen molar-refractivity contribution < 1.29 is 14.4 Å². The lowest BCUT2D eigenvalue weighted by atomic mass is 9.85. The van der Waals surface area contributed by atoms with Gasteiger partial charge in [-0.3, -0.25) is 19.3 Å². The van der Waals surface area contributed by atoms with Gasteiger partial charge in [-0.1, -0.05) is 42.5 Å². The van der Waals surface area contributed by atoms with E-state index in [-0.39, 0.29) is 36.1 Å². The van der Waals surface area contributed by atoms with Crippen LogP contribution in [-0.4, -0.2) is 40.6 Å². The Balaban J connectivity index is 1.47. The summed E-state index contributed by atoms with van der Waals surface area (Å²) in [6.07, 6.45) is 5.83. The maximum Gasteiger partial charge on any atom is 0.243 e. The summed E-state index contributed by atoms with van der Waals surface area (Å²) in [4.78, 5) is 44.0. The molecule has 2 atom stereocenters. The first-order valence-electron chi connectivity index (χ1n) is 10.4. The molecule has 1 aliphatic carbocycles. The van der Waals surface area contributed by atoms with Crippen LogP contribution in [0.2, 0.25) is 0 Å². The van der Waals surface area contributed by atoms with Gasteiger partial charge in [0, 0.05) is 16.3 Å². The molecule has 1 aliphatic heterocycles. The van der Waals surface area contributed by atoms with Crippen molar-refractivity contribution in [3.05, 3.63) is 69.9 Å². The number of nitrogens with zero attached hydrogens (tertiary/aromatic N) is 2. The number of amides is 3. The molecule has 0 N–H and O–H groups in total. The molecule has 4 rings (SSSR count). The molecule has 2 aliphatic rings. The van der Waals surface area contributed by atoms with Crippen LogP contribution in [-0.2, 0) is 27.3 Å². The Labute approximate surface area is 181 Å². The number of carbonyl (C=O) groups excluding carboxylic acids is 3. The number of benzene rings is 1. The van der Waals surface area contributed by atoms with Crippen molar-refractivity contribution >= 4 is 29.1 Å². The number of rotatable bonds is 7. The van der Waals surface area contributed by atoms with Crippen molar-refractivity contribution in [3.63, 3.8) is 0 Å². The predicted molar refractivity (Wildman–Crippen MR) is 117 cm³/mol. The maximum atomic E-state index is 13.2. The van der Waals surface area contributed by atoms with E-state index >= 15 is 0 Å². The Morgan fingerprint density at radius 1 is 1.03 bits per heavy atom. The molecule has 1 aromatic carbocycles. The molecule has 0 saturated carbocycles. The molecule has 1 fully saturated rings. The number of imide groups is 1. The number of carbonyl (C=O) groups is 3. The van der Waals surface area contributed by atoms with Crippen LogP contribution in [0.5, 0.6) is 0 Å². The molecule has 0 spiro atoms. The van der Waals surface area contributed by atoms with Crippen molar-refractivity contribution in [3.8, 4) is 0 Å². The van der Waals surface area contributed by atoms with E-state index in [1.807, 2.05) is 61.5 Å². The number of hydrogen-bond acceptors (Lipinski definition) is 4. The summed E-state index contributed by atoms with van der Waals surface area (Å²) in [6.45, 7) is 2.92. The maximum absolute atomic E-state index is 13.2. The van der Waals surface area contributed by atoms with Gasteiger partial charge in [0.15, 0.2) is 0 Å². The van der Waals surface area contributed by atoms with Gasteiger partial charge in [0.2, 0.25) is 17.7 Å². The van der Waals surface area contributed by atoms with Gasteiger partial charge in [0.05, 0.1) is 18.4 Å². The van der Waals surface area contributed by atoms with Crippen LogP contribution >= 0.6 is 11.3 Å². The summed E-state index contributed by atoms with van der Waals surface area (Å²) in [7, 11) is 0. The Morgan fingerprint density at radius 2 is 1.70 bits per heavy atom. The van der Waals surface area contributed by atoms with Crippen molar-refractivity contribution in [2.45, 2.75) is 32.7 Å². The highest BCUT2D eigenvalue weighted by molar-refractivity contribution is 7.11. The van der Waals surface area contributed by atoms with Crippen LogP contribution in [0.15, 0.2) is 54.6 Å². The van der Waals surface area contributed by atoms with E-state index in [4.69, 9.17) is 0 Å². The predicted octanol–water partition coefficient (Wildman–Crippen LogP) is 3.58. The third-order valence-electron chi connectivity index (χ3n) is 5.90. The molecule has 3 amide bonds. The molecule has 156 valence electrons. The van der Waals surface area contributed by atoms with Crippen LogP contribution in [0.4, 0.5) is 0 Å². The van der Waals surface area contributed by atoms with Crippen molar-refractivity contribution in [1.82, 2.24) is 9.80 Å². The second-order valence-electron chi connectivity index (χ2n) is 7.98. The standard InChI is InChI=1S/C24H26N2O3S/c1-17-11-12-19(30-17)15-25(14-13-18-7-3-2-4-8-18)22(27)16-26-23(28)20-9-5-6-10-21(20)24(26)29/h2-8,11-12,20-21H,9-10,13-16H2,1H3/t20-,21+. The highest BCUT2D eigenvalue weighted by Gasteiger charge is 2.47. The zero-order valence-corrected chi connectivity index (χ0v) is 17.9. The first-order valence-corrected chi connectivity index (χ1v) is 11.2. The Morgan fingerprint density at radius 3 is 2.30 bits per heavy atom. The molecular weight excluding hydrogens is 396 g/mol. The number of hydrogen-bond donors (Lipinski definition) is 0. The summed E-state index contributed by atoms with van der Waals surface area (Å²) in [5.41, 5.74) is 1.16. The van der Waals surface area contributed by atoms with E-state index in [0.29, 0.717) is 25.9 Å². The summed E-state index contributed by atoms with van der Waals surface area (Å²) < 4.78 is 0. The van der Waals surface area contributed by atoms with Crippen LogP contribution in [0, 0.1) is 18.8 Å². The molecule has 2 aromatic rings. The molecule has 2 heterocycles. The molecule has 30 heavy (non-hydrogen) atoms. The minimum atomic E-state index is -0.298. The fourth-order valence-corrected chi connectivity index (χ4v) is 5.13. The summed E-state index contributed by atoms with van der Waals surface area (Å²) in [5, 5.41) is 0. The van der Waals surface area contributed by atoms with E-state index in [2.05, 4.69) is 0 Å². The SMILES string of the molecule is Cc1ccc(CN(CCc2ccccc2)C(=O)CN2C(=O)[C@H]3CC=CC[C@H]3C2=O)s1. The fraction of sp³-hybridized carbons (Fsp3) is 0.375. The van der Waals surface area contributed by atoms with E-state index in [0.717, 1.165) is 16.9 Å². The number of likely N-dealkylation sites (tertiary alicyclic amines) is 1. The highest BCUT2D eigenvalue weighted by Crippen LogP contribution is 2.35. The minimum Gasteiger partial charge on any atom is -0.336 e. The molecule has 0 unspecified atom stereocenters. The van der Waals surface area contributed by atoms with Gasteiger partial charge in [0.1, 0.15) is 6.54 Å². The van der Waals surface area contributed by atoms with Gasteiger partial charge >= 0.3 is 0 Å². The zero-order valence-electron chi connectivity index (χ0n) is 17.1. The summed E-state index contributed by atoms with van der Waals surface area (Å²) in [6, 6.07) is 14.1. The average molecular weight is 423 g/mol. The molecule has 0 radical (unpaired) electrons. The second-order valence-corrected chi connectivity index (χ2v) is 9.35. The molecule has 6 heteroatoms. The molecule has 1 saturated heterocycles. The molecule has 5 nitrogen and oxygen atoms in total. The van der Waals surface area contributed by atoms with Crippen LogP contribution in [0.3, 0.4) is 0 Å². The fourth-order valence-electron chi connectivity index (χ4n) is 4.22. The number of allylic oxidation sites excluding steroid dienone is 2. The number of aryl methyl sites for hydroxylation is 1. The zero-order chi connectivity index (χ0) is 21.1. The number of thiophene rings is 1. The Hall–Kier alpha value is -2.73. The lowest BCUT2D eigenvalue weighted by molar-refractivity contribution is -0.146. The van der Waals surface area contributed by atoms with Gasteiger partial charge in [-0.15, -0.1) is 11.3 Å². The van der Waals surface area contributed by atoms with Gasteiger partial charge in [-0.25, -0.2) is 0 Å². The normalized spacial score (nSPS) is 20.5. The van der Waals surface area contributed by atoms with E-state index < -0.39 is 0 Å². The monoisotopic (exact) mass is 422 g/mol. The van der Waals surface area contributed by atoms with Crippen LogP contribution in [0.1, 0.15) is 28.2 Å². The van der Waals surface area contributed by atoms with E-state index in [1.54, 1.807) is 16.2 Å². The number of fused-ring (bicyclic) bond motifs is 1. The third-order valence-corrected chi connectivity index (χ3v) is 6.89. The van der Waals surface area contributed by atoms with Gasteiger partial charge < -0.3 is 4.90 Å².